The summed E-state index contributed by atoms with van der Waals surface area (Å²) in [6, 6.07) is 7.93. The summed E-state index contributed by atoms with van der Waals surface area (Å²) in [6.07, 6.45) is 1.28. The molecule has 1 aliphatic rings. The standard InChI is InChI=1S/C13H17N3O2/c1-9-3-2-4-10(7-9)8-15-12(17)13(5-6-13)11(14)16-18/h2-4,7,18H,5-6,8H2,1H3,(H2,14,16)(H,15,17). The summed E-state index contributed by atoms with van der Waals surface area (Å²) in [7, 11) is 0. The van der Waals surface area contributed by atoms with E-state index >= 15 is 0 Å². The van der Waals surface area contributed by atoms with Crippen LogP contribution < -0.4 is 11.1 Å². The van der Waals surface area contributed by atoms with E-state index < -0.39 is 5.41 Å². The van der Waals surface area contributed by atoms with E-state index in [1.54, 1.807) is 0 Å². The number of amidine groups is 1. The van der Waals surface area contributed by atoms with Crippen LogP contribution in [0.1, 0.15) is 24.0 Å². The number of carbonyl (C=O) groups excluding carboxylic acids is 1. The highest BCUT2D eigenvalue weighted by Gasteiger charge is 2.54. The van der Waals surface area contributed by atoms with Gasteiger partial charge in [-0.05, 0) is 25.3 Å². The maximum absolute atomic E-state index is 12.0. The van der Waals surface area contributed by atoms with Crippen molar-refractivity contribution < 1.29 is 10.0 Å². The summed E-state index contributed by atoms with van der Waals surface area (Å²) >= 11 is 0. The molecule has 0 aromatic heterocycles. The number of hydrogen-bond acceptors (Lipinski definition) is 3. The number of amides is 1. The maximum atomic E-state index is 12.0. The van der Waals surface area contributed by atoms with Crippen LogP contribution in [0.2, 0.25) is 0 Å². The van der Waals surface area contributed by atoms with Crippen LogP contribution in [-0.4, -0.2) is 17.0 Å². The van der Waals surface area contributed by atoms with Gasteiger partial charge in [-0.1, -0.05) is 35.0 Å². The number of rotatable bonds is 4. The molecule has 1 amide bonds. The highest BCUT2D eigenvalue weighted by atomic mass is 16.4. The van der Waals surface area contributed by atoms with Crippen LogP contribution in [-0.2, 0) is 11.3 Å². The average molecular weight is 247 g/mol. The molecule has 5 nitrogen and oxygen atoms in total. The lowest BCUT2D eigenvalue weighted by Crippen LogP contribution is -2.40. The molecule has 1 aliphatic carbocycles. The minimum Gasteiger partial charge on any atom is -0.409 e. The van der Waals surface area contributed by atoms with E-state index in [4.69, 9.17) is 10.9 Å². The summed E-state index contributed by atoms with van der Waals surface area (Å²) in [6.45, 7) is 2.46. The van der Waals surface area contributed by atoms with Gasteiger partial charge in [0.05, 0.1) is 0 Å². The summed E-state index contributed by atoms with van der Waals surface area (Å²) in [5.74, 6) is -0.163. The van der Waals surface area contributed by atoms with Gasteiger partial charge in [0, 0.05) is 6.54 Å². The van der Waals surface area contributed by atoms with E-state index in [1.807, 2.05) is 31.2 Å². The van der Waals surface area contributed by atoms with Crippen molar-refractivity contribution in [3.63, 3.8) is 0 Å². The molecular formula is C13H17N3O2. The predicted octanol–water partition coefficient (Wildman–Crippen LogP) is 1.14. The van der Waals surface area contributed by atoms with Crippen LogP contribution in [0.25, 0.3) is 0 Å². The fourth-order valence-corrected chi connectivity index (χ4v) is 1.99. The van der Waals surface area contributed by atoms with Crippen molar-refractivity contribution >= 4 is 11.7 Å². The molecule has 1 aromatic rings. The highest BCUT2D eigenvalue weighted by molar-refractivity contribution is 6.09. The number of benzene rings is 1. The Labute approximate surface area is 106 Å². The summed E-state index contributed by atoms with van der Waals surface area (Å²) in [5.41, 5.74) is 6.96. The molecule has 0 unspecified atom stereocenters. The molecule has 0 atom stereocenters. The van der Waals surface area contributed by atoms with E-state index in [-0.39, 0.29) is 11.7 Å². The molecule has 0 radical (unpaired) electrons. The zero-order valence-electron chi connectivity index (χ0n) is 10.3. The van der Waals surface area contributed by atoms with Gasteiger partial charge in [-0.2, -0.15) is 0 Å². The fraction of sp³-hybridized carbons (Fsp3) is 0.385. The normalized spacial score (nSPS) is 17.3. The van der Waals surface area contributed by atoms with Gasteiger partial charge < -0.3 is 16.3 Å². The zero-order chi connectivity index (χ0) is 13.2. The zero-order valence-corrected chi connectivity index (χ0v) is 10.3. The number of oxime groups is 1. The van der Waals surface area contributed by atoms with Gasteiger partial charge >= 0.3 is 0 Å². The summed E-state index contributed by atoms with van der Waals surface area (Å²) in [4.78, 5) is 12.0. The topological polar surface area (TPSA) is 87.7 Å². The molecule has 2 rings (SSSR count). The Kier molecular flexibility index (Phi) is 3.23. The van der Waals surface area contributed by atoms with Crippen LogP contribution in [0.4, 0.5) is 0 Å². The quantitative estimate of drug-likeness (QED) is 0.322. The van der Waals surface area contributed by atoms with Gasteiger partial charge in [0.2, 0.25) is 5.91 Å². The Morgan fingerprint density at radius 3 is 2.83 bits per heavy atom. The number of nitrogens with zero attached hydrogens (tertiary/aromatic N) is 1. The lowest BCUT2D eigenvalue weighted by Gasteiger charge is -2.13. The number of aryl methyl sites for hydroxylation is 1. The number of nitrogens with two attached hydrogens (primary N) is 1. The first-order valence-electron chi connectivity index (χ1n) is 5.90. The Hall–Kier alpha value is -2.04. The molecule has 5 heteroatoms. The average Bonchev–Trinajstić information content (AvgIpc) is 3.16. The van der Waals surface area contributed by atoms with Crippen molar-refractivity contribution in [2.75, 3.05) is 0 Å². The second-order valence-corrected chi connectivity index (χ2v) is 4.74. The third-order valence-electron chi connectivity index (χ3n) is 3.32. The first-order chi connectivity index (χ1) is 8.58. The molecule has 1 saturated carbocycles. The van der Waals surface area contributed by atoms with Crippen molar-refractivity contribution in [2.45, 2.75) is 26.3 Å². The Balaban J connectivity index is 1.97. The van der Waals surface area contributed by atoms with Crippen molar-refractivity contribution in [2.24, 2.45) is 16.3 Å². The van der Waals surface area contributed by atoms with Gasteiger partial charge in [-0.25, -0.2) is 0 Å². The third-order valence-corrected chi connectivity index (χ3v) is 3.32. The Bertz CT molecular complexity index is 493. The van der Waals surface area contributed by atoms with Crippen LogP contribution in [0, 0.1) is 12.3 Å². The molecule has 0 saturated heterocycles. The molecule has 0 spiro atoms. The van der Waals surface area contributed by atoms with Crippen molar-refractivity contribution in [3.8, 4) is 0 Å². The SMILES string of the molecule is Cc1cccc(CNC(=O)C2(/C(N)=N/O)CC2)c1. The summed E-state index contributed by atoms with van der Waals surface area (Å²) in [5, 5.41) is 14.4. The Morgan fingerprint density at radius 2 is 2.28 bits per heavy atom. The molecule has 0 heterocycles. The fourth-order valence-electron chi connectivity index (χ4n) is 1.99. The molecule has 1 fully saturated rings. The van der Waals surface area contributed by atoms with Crippen LogP contribution in [0.5, 0.6) is 0 Å². The van der Waals surface area contributed by atoms with Crippen LogP contribution in [0.15, 0.2) is 29.4 Å². The first-order valence-corrected chi connectivity index (χ1v) is 5.90. The monoisotopic (exact) mass is 247 g/mol. The lowest BCUT2D eigenvalue weighted by molar-refractivity contribution is -0.124. The highest BCUT2D eigenvalue weighted by Crippen LogP contribution is 2.46. The van der Waals surface area contributed by atoms with Crippen LogP contribution in [0.3, 0.4) is 0 Å². The molecular weight excluding hydrogens is 230 g/mol. The Morgan fingerprint density at radius 1 is 1.56 bits per heavy atom. The smallest absolute Gasteiger partial charge is 0.234 e. The maximum Gasteiger partial charge on any atom is 0.234 e. The van der Waals surface area contributed by atoms with Crippen molar-refractivity contribution in [1.29, 1.82) is 0 Å². The van der Waals surface area contributed by atoms with Gasteiger partial charge in [0.15, 0.2) is 5.84 Å². The van der Waals surface area contributed by atoms with E-state index in [9.17, 15) is 4.79 Å². The van der Waals surface area contributed by atoms with Crippen molar-refractivity contribution in [3.05, 3.63) is 35.4 Å². The molecule has 1 aromatic carbocycles. The molecule has 0 aliphatic heterocycles. The minimum atomic E-state index is -0.779. The van der Waals surface area contributed by atoms with E-state index in [2.05, 4.69) is 10.5 Å². The third kappa shape index (κ3) is 2.30. The van der Waals surface area contributed by atoms with E-state index in [0.29, 0.717) is 19.4 Å². The second kappa shape index (κ2) is 4.68. The number of hydrogen-bond donors (Lipinski definition) is 3. The van der Waals surface area contributed by atoms with E-state index in [0.717, 1.165) is 11.1 Å². The number of nitrogens with one attached hydrogen (secondary N) is 1. The lowest BCUT2D eigenvalue weighted by atomic mass is 10.0. The predicted molar refractivity (Wildman–Crippen MR) is 68.1 cm³/mol. The van der Waals surface area contributed by atoms with Crippen molar-refractivity contribution in [1.82, 2.24) is 5.32 Å². The summed E-state index contributed by atoms with van der Waals surface area (Å²) < 4.78 is 0. The van der Waals surface area contributed by atoms with Gasteiger partial charge in [-0.15, -0.1) is 0 Å². The molecule has 96 valence electrons. The van der Waals surface area contributed by atoms with Gasteiger partial charge in [-0.3, -0.25) is 4.79 Å². The number of carbonyl (C=O) groups is 1. The second-order valence-electron chi connectivity index (χ2n) is 4.74. The van der Waals surface area contributed by atoms with Gasteiger partial charge in [0.25, 0.3) is 0 Å². The first kappa shape index (κ1) is 12.4. The molecule has 18 heavy (non-hydrogen) atoms. The largest absolute Gasteiger partial charge is 0.409 e. The molecule has 4 N–H and O–H groups in total. The molecule has 0 bridgehead atoms. The van der Waals surface area contributed by atoms with Gasteiger partial charge in [0.1, 0.15) is 5.41 Å². The minimum absolute atomic E-state index is 0.00393. The van der Waals surface area contributed by atoms with E-state index in [1.165, 1.54) is 0 Å². The van der Waals surface area contributed by atoms with Crippen LogP contribution >= 0.6 is 0 Å².